The fourth-order valence-electron chi connectivity index (χ4n) is 3.35. The second-order valence-electron chi connectivity index (χ2n) is 6.89. The van der Waals surface area contributed by atoms with Crippen LogP contribution in [0.5, 0.6) is 17.2 Å². The van der Waals surface area contributed by atoms with Gasteiger partial charge in [0.1, 0.15) is 11.6 Å². The lowest BCUT2D eigenvalue weighted by Gasteiger charge is -2.21. The summed E-state index contributed by atoms with van der Waals surface area (Å²) in [5.41, 5.74) is -0.257. The summed E-state index contributed by atoms with van der Waals surface area (Å²) < 4.78 is 25.4. The number of hydrogen-bond donors (Lipinski definition) is 2. The second-order valence-corrected chi connectivity index (χ2v) is 6.89. The summed E-state index contributed by atoms with van der Waals surface area (Å²) in [6, 6.07) is 5.78. The third-order valence-electron chi connectivity index (χ3n) is 4.87. The van der Waals surface area contributed by atoms with Crippen molar-refractivity contribution in [3.63, 3.8) is 0 Å². The van der Waals surface area contributed by atoms with Crippen LogP contribution in [0, 0.1) is 5.82 Å². The molecule has 1 saturated carbocycles. The fourth-order valence-corrected chi connectivity index (χ4v) is 3.35. The number of halogens is 1. The number of carbonyl (C=O) groups is 1. The molecule has 28 heavy (non-hydrogen) atoms. The number of benzene rings is 1. The zero-order chi connectivity index (χ0) is 19.9. The van der Waals surface area contributed by atoms with Crippen molar-refractivity contribution in [2.45, 2.75) is 51.0 Å². The Labute approximate surface area is 163 Å². The Morgan fingerprint density at radius 3 is 2.57 bits per heavy atom. The average Bonchev–Trinajstić information content (AvgIpc) is 2.66. The van der Waals surface area contributed by atoms with Crippen molar-refractivity contribution in [1.82, 2.24) is 4.98 Å². The highest BCUT2D eigenvalue weighted by Gasteiger charge is 2.19. The van der Waals surface area contributed by atoms with Gasteiger partial charge in [0, 0.05) is 18.3 Å². The first-order valence-electron chi connectivity index (χ1n) is 9.58. The van der Waals surface area contributed by atoms with Crippen LogP contribution in [-0.2, 0) is 0 Å². The lowest BCUT2D eigenvalue weighted by Crippen LogP contribution is -2.18. The summed E-state index contributed by atoms with van der Waals surface area (Å²) in [5, 5.41) is 12.4. The van der Waals surface area contributed by atoms with Crippen molar-refractivity contribution < 1.29 is 23.8 Å². The maximum Gasteiger partial charge on any atom is 0.278 e. The molecule has 1 aromatic carbocycles. The van der Waals surface area contributed by atoms with E-state index >= 15 is 0 Å². The Bertz CT molecular complexity index is 820. The first-order chi connectivity index (χ1) is 13.6. The van der Waals surface area contributed by atoms with Crippen molar-refractivity contribution in [2.75, 3.05) is 12.4 Å². The van der Waals surface area contributed by atoms with Crippen molar-refractivity contribution in [2.24, 2.45) is 0 Å². The number of methoxy groups -OCH3 is 1. The monoisotopic (exact) mass is 388 g/mol. The van der Waals surface area contributed by atoms with E-state index in [0.717, 1.165) is 25.7 Å². The molecule has 150 valence electrons. The number of ether oxygens (including phenoxy) is 2. The van der Waals surface area contributed by atoms with Crippen LogP contribution in [-0.4, -0.2) is 29.2 Å². The van der Waals surface area contributed by atoms with Gasteiger partial charge in [0.2, 0.25) is 0 Å². The number of amides is 1. The summed E-state index contributed by atoms with van der Waals surface area (Å²) in [6.45, 7) is 0. The van der Waals surface area contributed by atoms with Gasteiger partial charge in [-0.05, 0) is 37.8 Å². The Kier molecular flexibility index (Phi) is 6.68. The van der Waals surface area contributed by atoms with E-state index in [1.54, 1.807) is 6.07 Å². The van der Waals surface area contributed by atoms with Crippen molar-refractivity contribution in [1.29, 1.82) is 0 Å². The first-order valence-corrected chi connectivity index (χ1v) is 9.58. The highest BCUT2D eigenvalue weighted by molar-refractivity contribution is 6.05. The fraction of sp³-hybridized carbons (Fsp3) is 0.429. The SMILES string of the molecule is COc1ccnc(C(=O)Nc2ccc(OC3CCCCCCC3)cc2F)c1O. The molecule has 0 aliphatic heterocycles. The zero-order valence-electron chi connectivity index (χ0n) is 15.9. The largest absolute Gasteiger partial charge is 0.503 e. The van der Waals surface area contributed by atoms with Crippen molar-refractivity contribution >= 4 is 11.6 Å². The van der Waals surface area contributed by atoms with Gasteiger partial charge >= 0.3 is 0 Å². The molecular weight excluding hydrogens is 363 g/mol. The van der Waals surface area contributed by atoms with Gasteiger partial charge < -0.3 is 19.9 Å². The second kappa shape index (κ2) is 9.39. The van der Waals surface area contributed by atoms with E-state index < -0.39 is 17.5 Å². The summed E-state index contributed by atoms with van der Waals surface area (Å²) >= 11 is 0. The molecule has 1 aromatic heterocycles. The van der Waals surface area contributed by atoms with Crippen LogP contribution in [0.2, 0.25) is 0 Å². The first kappa shape index (κ1) is 19.9. The molecule has 1 aliphatic rings. The van der Waals surface area contributed by atoms with Gasteiger partial charge in [0.25, 0.3) is 5.91 Å². The molecule has 3 rings (SSSR count). The van der Waals surface area contributed by atoms with Crippen LogP contribution < -0.4 is 14.8 Å². The number of aromatic hydroxyl groups is 1. The van der Waals surface area contributed by atoms with E-state index in [4.69, 9.17) is 9.47 Å². The number of anilines is 1. The highest BCUT2D eigenvalue weighted by atomic mass is 19.1. The molecule has 1 amide bonds. The van der Waals surface area contributed by atoms with E-state index in [2.05, 4.69) is 10.3 Å². The van der Waals surface area contributed by atoms with E-state index in [9.17, 15) is 14.3 Å². The number of nitrogens with zero attached hydrogens (tertiary/aromatic N) is 1. The minimum Gasteiger partial charge on any atom is -0.503 e. The van der Waals surface area contributed by atoms with E-state index in [-0.39, 0.29) is 23.2 Å². The predicted molar refractivity (Wildman–Crippen MR) is 104 cm³/mol. The minimum atomic E-state index is -0.732. The van der Waals surface area contributed by atoms with E-state index in [1.165, 1.54) is 50.8 Å². The molecule has 0 radical (unpaired) electrons. The molecule has 1 fully saturated rings. The molecule has 2 N–H and O–H groups in total. The average molecular weight is 388 g/mol. The van der Waals surface area contributed by atoms with Crippen LogP contribution in [0.3, 0.4) is 0 Å². The van der Waals surface area contributed by atoms with E-state index in [1.807, 2.05) is 0 Å². The molecule has 0 saturated heterocycles. The maximum atomic E-state index is 14.5. The topological polar surface area (TPSA) is 80.7 Å². The number of carbonyl (C=O) groups excluding carboxylic acids is 1. The third kappa shape index (κ3) is 4.91. The van der Waals surface area contributed by atoms with Gasteiger partial charge in [-0.25, -0.2) is 9.37 Å². The van der Waals surface area contributed by atoms with Gasteiger partial charge in [0.15, 0.2) is 17.2 Å². The van der Waals surface area contributed by atoms with Crippen LogP contribution in [0.25, 0.3) is 0 Å². The summed E-state index contributed by atoms with van der Waals surface area (Å²) in [6.07, 6.45) is 9.31. The van der Waals surface area contributed by atoms with Crippen LogP contribution >= 0.6 is 0 Å². The number of nitrogens with one attached hydrogen (secondary N) is 1. The van der Waals surface area contributed by atoms with E-state index in [0.29, 0.717) is 5.75 Å². The maximum absolute atomic E-state index is 14.5. The highest BCUT2D eigenvalue weighted by Crippen LogP contribution is 2.29. The van der Waals surface area contributed by atoms with Crippen molar-refractivity contribution in [3.05, 3.63) is 42.0 Å². The van der Waals surface area contributed by atoms with Gasteiger partial charge in [0.05, 0.1) is 18.9 Å². The van der Waals surface area contributed by atoms with Gasteiger partial charge in [-0.1, -0.05) is 19.3 Å². The molecular formula is C21H25FN2O4. The molecule has 6 nitrogen and oxygen atoms in total. The van der Waals surface area contributed by atoms with Gasteiger partial charge in [-0.3, -0.25) is 4.79 Å². The lowest BCUT2D eigenvalue weighted by atomic mass is 9.98. The molecule has 0 unspecified atom stereocenters. The van der Waals surface area contributed by atoms with Crippen molar-refractivity contribution in [3.8, 4) is 17.2 Å². The molecule has 2 aromatic rings. The molecule has 0 atom stereocenters. The molecule has 0 bridgehead atoms. The Morgan fingerprint density at radius 1 is 1.18 bits per heavy atom. The number of rotatable bonds is 5. The van der Waals surface area contributed by atoms with Crippen LogP contribution in [0.4, 0.5) is 10.1 Å². The zero-order valence-corrected chi connectivity index (χ0v) is 15.9. The predicted octanol–water partition coefficient (Wildman–Crippen LogP) is 4.68. The Morgan fingerprint density at radius 2 is 1.89 bits per heavy atom. The summed E-state index contributed by atoms with van der Waals surface area (Å²) in [4.78, 5) is 16.2. The Hall–Kier alpha value is -2.83. The summed E-state index contributed by atoms with van der Waals surface area (Å²) in [5.74, 6) is -1.18. The minimum absolute atomic E-state index is 0.0148. The number of aromatic nitrogens is 1. The number of pyridine rings is 1. The normalized spacial score (nSPS) is 15.4. The molecule has 7 heteroatoms. The summed E-state index contributed by atoms with van der Waals surface area (Å²) in [7, 11) is 1.37. The molecule has 0 spiro atoms. The molecule has 1 heterocycles. The Balaban J connectivity index is 1.68. The van der Waals surface area contributed by atoms with Gasteiger partial charge in [-0.2, -0.15) is 0 Å². The van der Waals surface area contributed by atoms with Crippen LogP contribution in [0.1, 0.15) is 55.4 Å². The van der Waals surface area contributed by atoms with Gasteiger partial charge in [-0.15, -0.1) is 0 Å². The quantitative estimate of drug-likeness (QED) is 0.777. The number of hydrogen-bond acceptors (Lipinski definition) is 5. The lowest BCUT2D eigenvalue weighted by molar-refractivity contribution is 0.101. The molecule has 1 aliphatic carbocycles. The van der Waals surface area contributed by atoms with Crippen LogP contribution in [0.15, 0.2) is 30.5 Å². The third-order valence-corrected chi connectivity index (χ3v) is 4.87. The smallest absolute Gasteiger partial charge is 0.278 e. The standard InChI is InChI=1S/C21H25FN2O4/c1-27-18-11-12-23-19(20(18)25)21(26)24-17-10-9-15(13-16(17)22)28-14-7-5-3-2-4-6-8-14/h9-14,25H,2-8H2,1H3,(H,24,26).